The van der Waals surface area contributed by atoms with E-state index in [2.05, 4.69) is 31.5 Å². The standard InChI is InChI=1S/C28H27BrN6O9/c1-17(36)16-44-27(38)9-10-33(15-19-7-5-4-6-8-19)24-13-22(30-18(2)37)23(14-26(24)43-3)31-32-28-21(29)11-20(34(39)40)12-25(28)35(41)42/h4-8,11-14H,9-10,15-16H2,1-3H3,(H,30,37). The summed E-state index contributed by atoms with van der Waals surface area (Å²) in [7, 11) is 1.40. The molecule has 0 aromatic heterocycles. The number of ether oxygens (including phenoxy) is 2. The van der Waals surface area contributed by atoms with Crippen LogP contribution >= 0.6 is 15.9 Å². The summed E-state index contributed by atoms with van der Waals surface area (Å²) < 4.78 is 10.6. The lowest BCUT2D eigenvalue weighted by molar-refractivity contribution is -0.393. The van der Waals surface area contributed by atoms with Crippen molar-refractivity contribution in [2.24, 2.45) is 10.2 Å². The van der Waals surface area contributed by atoms with Crippen molar-refractivity contribution in [3.63, 3.8) is 0 Å². The quantitative estimate of drug-likeness (QED) is 0.0895. The molecule has 0 bridgehead atoms. The first-order valence-corrected chi connectivity index (χ1v) is 13.7. The minimum absolute atomic E-state index is 0.0440. The largest absolute Gasteiger partial charge is 0.494 e. The molecule has 3 rings (SSSR count). The Morgan fingerprint density at radius 2 is 1.70 bits per heavy atom. The minimum Gasteiger partial charge on any atom is -0.494 e. The van der Waals surface area contributed by atoms with Gasteiger partial charge < -0.3 is 19.7 Å². The van der Waals surface area contributed by atoms with Crippen molar-refractivity contribution in [1.29, 1.82) is 0 Å². The molecule has 16 heteroatoms. The highest BCUT2D eigenvalue weighted by atomic mass is 79.9. The SMILES string of the molecule is COc1cc(N=Nc2c(Br)cc([N+](=O)[O-])cc2[N+](=O)[O-])c(NC(C)=O)cc1N(CCC(=O)OCC(C)=O)Cc1ccccc1. The van der Waals surface area contributed by atoms with Gasteiger partial charge in [0.05, 0.1) is 45.3 Å². The Bertz CT molecular complexity index is 1610. The number of carbonyl (C=O) groups excluding carboxylic acids is 3. The number of Topliss-reactive ketones (excluding diaryl/α,β-unsaturated/α-hetero) is 1. The van der Waals surface area contributed by atoms with Gasteiger partial charge in [0.1, 0.15) is 18.0 Å². The number of benzene rings is 3. The number of nitro benzene ring substituents is 2. The fourth-order valence-corrected chi connectivity index (χ4v) is 4.44. The molecule has 1 amide bonds. The van der Waals surface area contributed by atoms with E-state index in [4.69, 9.17) is 9.47 Å². The Labute approximate surface area is 259 Å². The van der Waals surface area contributed by atoms with Crippen LogP contribution in [0.4, 0.5) is 34.1 Å². The maximum atomic E-state index is 12.3. The summed E-state index contributed by atoms with van der Waals surface area (Å²) in [4.78, 5) is 58.7. The molecule has 0 aliphatic rings. The summed E-state index contributed by atoms with van der Waals surface area (Å²) in [5.74, 6) is -1.07. The van der Waals surface area contributed by atoms with Crippen LogP contribution in [-0.2, 0) is 25.7 Å². The average Bonchev–Trinajstić information content (AvgIpc) is 2.97. The molecular formula is C28H27BrN6O9. The highest BCUT2D eigenvalue weighted by molar-refractivity contribution is 9.10. The molecule has 3 aromatic rings. The second-order valence-electron chi connectivity index (χ2n) is 9.25. The summed E-state index contributed by atoms with van der Waals surface area (Å²) in [6.07, 6.45) is -0.0714. The van der Waals surface area contributed by atoms with Crippen molar-refractivity contribution < 1.29 is 33.7 Å². The third-order valence-electron chi connectivity index (χ3n) is 5.88. The summed E-state index contributed by atoms with van der Waals surface area (Å²) in [6.45, 7) is 2.70. The van der Waals surface area contributed by atoms with Crippen LogP contribution in [0.3, 0.4) is 0 Å². The maximum absolute atomic E-state index is 12.3. The molecule has 1 N–H and O–H groups in total. The van der Waals surface area contributed by atoms with E-state index >= 15 is 0 Å². The number of azo groups is 1. The molecule has 0 heterocycles. The third-order valence-corrected chi connectivity index (χ3v) is 6.48. The number of hydrogen-bond donors (Lipinski definition) is 1. The molecular weight excluding hydrogens is 644 g/mol. The second kappa shape index (κ2) is 15.3. The Kier molecular flexibility index (Phi) is 11.6. The Morgan fingerprint density at radius 3 is 2.30 bits per heavy atom. The van der Waals surface area contributed by atoms with Gasteiger partial charge in [-0.3, -0.25) is 34.6 Å². The molecule has 0 unspecified atom stereocenters. The van der Waals surface area contributed by atoms with Gasteiger partial charge in [0, 0.05) is 32.1 Å². The zero-order chi connectivity index (χ0) is 32.4. The number of esters is 1. The first-order valence-electron chi connectivity index (χ1n) is 12.9. The van der Waals surface area contributed by atoms with Crippen LogP contribution < -0.4 is 15.0 Å². The van der Waals surface area contributed by atoms with Gasteiger partial charge in [0.2, 0.25) is 5.91 Å². The van der Waals surface area contributed by atoms with Crippen LogP contribution in [0, 0.1) is 20.2 Å². The first kappa shape index (κ1) is 33.3. The monoisotopic (exact) mass is 670 g/mol. The van der Waals surface area contributed by atoms with Crippen LogP contribution in [0.15, 0.2) is 69.3 Å². The van der Waals surface area contributed by atoms with Crippen molar-refractivity contribution in [1.82, 2.24) is 0 Å². The molecule has 0 radical (unpaired) electrons. The number of methoxy groups -OCH3 is 1. The van der Waals surface area contributed by atoms with Crippen LogP contribution in [0.2, 0.25) is 0 Å². The normalized spacial score (nSPS) is 10.7. The average molecular weight is 671 g/mol. The molecule has 0 fully saturated rings. The smallest absolute Gasteiger partial charge is 0.308 e. The number of carbonyl (C=O) groups is 3. The van der Waals surface area contributed by atoms with Gasteiger partial charge in [0.25, 0.3) is 5.69 Å². The summed E-state index contributed by atoms with van der Waals surface area (Å²) in [6, 6.07) is 14.2. The van der Waals surface area contributed by atoms with E-state index in [0.29, 0.717) is 12.2 Å². The van der Waals surface area contributed by atoms with Crippen molar-refractivity contribution in [2.45, 2.75) is 26.8 Å². The van der Waals surface area contributed by atoms with Crippen LogP contribution in [0.1, 0.15) is 25.8 Å². The summed E-state index contributed by atoms with van der Waals surface area (Å²) in [5, 5.41) is 33.6. The number of halogens is 1. The lowest BCUT2D eigenvalue weighted by Crippen LogP contribution is -2.27. The molecule has 0 saturated carbocycles. The predicted octanol–water partition coefficient (Wildman–Crippen LogP) is 6.18. The number of anilines is 2. The molecule has 0 atom stereocenters. The first-order chi connectivity index (χ1) is 20.9. The molecule has 0 saturated heterocycles. The van der Waals surface area contributed by atoms with E-state index < -0.39 is 33.1 Å². The van der Waals surface area contributed by atoms with Crippen molar-refractivity contribution >= 4 is 67.7 Å². The zero-order valence-electron chi connectivity index (χ0n) is 23.8. The van der Waals surface area contributed by atoms with Crippen molar-refractivity contribution in [3.8, 4) is 5.75 Å². The van der Waals surface area contributed by atoms with Crippen LogP contribution in [-0.4, -0.2) is 47.8 Å². The van der Waals surface area contributed by atoms with E-state index in [1.54, 1.807) is 6.07 Å². The number of rotatable bonds is 14. The van der Waals surface area contributed by atoms with E-state index in [0.717, 1.165) is 17.7 Å². The lowest BCUT2D eigenvalue weighted by Gasteiger charge is -2.27. The van der Waals surface area contributed by atoms with Crippen LogP contribution in [0.25, 0.3) is 0 Å². The number of amides is 1. The topological polar surface area (TPSA) is 196 Å². The highest BCUT2D eigenvalue weighted by Gasteiger charge is 2.24. The number of nitro groups is 2. The molecule has 0 spiro atoms. The van der Waals surface area contributed by atoms with Gasteiger partial charge in [-0.2, -0.15) is 0 Å². The zero-order valence-corrected chi connectivity index (χ0v) is 25.4. The van der Waals surface area contributed by atoms with E-state index in [1.807, 2.05) is 35.2 Å². The van der Waals surface area contributed by atoms with Crippen molar-refractivity contribution in [2.75, 3.05) is 30.5 Å². The number of nitrogens with one attached hydrogen (secondary N) is 1. The Morgan fingerprint density at radius 1 is 1.00 bits per heavy atom. The molecule has 15 nitrogen and oxygen atoms in total. The fourth-order valence-electron chi connectivity index (χ4n) is 3.93. The van der Waals surface area contributed by atoms with E-state index in [9.17, 15) is 34.6 Å². The predicted molar refractivity (Wildman–Crippen MR) is 163 cm³/mol. The summed E-state index contributed by atoms with van der Waals surface area (Å²) >= 11 is 3.08. The van der Waals surface area contributed by atoms with Gasteiger partial charge >= 0.3 is 11.7 Å². The van der Waals surface area contributed by atoms with Gasteiger partial charge in [-0.25, -0.2) is 0 Å². The fraction of sp³-hybridized carbons (Fsp3) is 0.250. The molecule has 230 valence electrons. The number of hydrogen-bond acceptors (Lipinski definition) is 12. The number of nitrogens with zero attached hydrogens (tertiary/aromatic N) is 5. The Balaban J connectivity index is 2.09. The maximum Gasteiger partial charge on any atom is 0.308 e. The minimum atomic E-state index is -0.826. The number of ketones is 1. The summed E-state index contributed by atoms with van der Waals surface area (Å²) in [5.41, 5.74) is 0.108. The van der Waals surface area contributed by atoms with E-state index in [-0.39, 0.29) is 52.6 Å². The molecule has 0 aliphatic carbocycles. The van der Waals surface area contributed by atoms with Gasteiger partial charge in [-0.15, -0.1) is 10.2 Å². The number of non-ortho nitro benzene ring substituents is 1. The second-order valence-corrected chi connectivity index (χ2v) is 10.1. The third kappa shape index (κ3) is 9.12. The highest BCUT2D eigenvalue weighted by Crippen LogP contribution is 2.43. The van der Waals surface area contributed by atoms with Gasteiger partial charge in [-0.05, 0) is 34.5 Å². The van der Waals surface area contributed by atoms with Gasteiger partial charge in [-0.1, -0.05) is 30.3 Å². The van der Waals surface area contributed by atoms with Crippen molar-refractivity contribution in [3.05, 3.63) is 84.9 Å². The van der Waals surface area contributed by atoms with Crippen LogP contribution in [0.5, 0.6) is 5.75 Å². The van der Waals surface area contributed by atoms with E-state index in [1.165, 1.54) is 27.0 Å². The molecule has 44 heavy (non-hydrogen) atoms. The Hall–Kier alpha value is -5.25. The van der Waals surface area contributed by atoms with Gasteiger partial charge in [0.15, 0.2) is 11.5 Å². The lowest BCUT2D eigenvalue weighted by atomic mass is 10.1. The molecule has 0 aliphatic heterocycles. The molecule has 3 aromatic carbocycles.